The van der Waals surface area contributed by atoms with Crippen molar-refractivity contribution in [1.82, 2.24) is 14.5 Å². The maximum absolute atomic E-state index is 12.6. The Morgan fingerprint density at radius 1 is 1.23 bits per heavy atom. The molecule has 0 aliphatic carbocycles. The first-order valence-corrected chi connectivity index (χ1v) is 9.08. The summed E-state index contributed by atoms with van der Waals surface area (Å²) in [5.41, 5.74) is 3.23. The van der Waals surface area contributed by atoms with E-state index in [1.807, 2.05) is 54.5 Å². The van der Waals surface area contributed by atoms with Crippen molar-refractivity contribution < 1.29 is 9.53 Å². The standard InChI is InChI=1S/C21H23N3O2/c1-23-14-17(19-10-5-11-22-20(19)23)13-18-9-6-12-24(18)21(25)26-15-16-7-3-2-4-8-16/h2-5,7-8,10-11,14,18H,6,9,12-13,15H2,1H3. The van der Waals surface area contributed by atoms with Gasteiger partial charge in [0.15, 0.2) is 0 Å². The molecule has 1 aliphatic rings. The van der Waals surface area contributed by atoms with Crippen molar-refractivity contribution in [1.29, 1.82) is 0 Å². The fourth-order valence-corrected chi connectivity index (χ4v) is 3.80. The van der Waals surface area contributed by atoms with Crippen LogP contribution in [0, 0.1) is 0 Å². The Morgan fingerprint density at radius 3 is 2.92 bits per heavy atom. The summed E-state index contributed by atoms with van der Waals surface area (Å²) in [7, 11) is 2.01. The van der Waals surface area contributed by atoms with E-state index in [9.17, 15) is 4.79 Å². The molecule has 1 amide bonds. The van der Waals surface area contributed by atoms with Gasteiger partial charge in [0.25, 0.3) is 0 Å². The molecular formula is C21H23N3O2. The van der Waals surface area contributed by atoms with Gasteiger partial charge in [0.05, 0.1) is 0 Å². The van der Waals surface area contributed by atoms with Gasteiger partial charge in [-0.15, -0.1) is 0 Å². The summed E-state index contributed by atoms with van der Waals surface area (Å²) in [6, 6.07) is 14.1. The largest absolute Gasteiger partial charge is 0.445 e. The van der Waals surface area contributed by atoms with Gasteiger partial charge in [-0.05, 0) is 42.5 Å². The minimum Gasteiger partial charge on any atom is -0.445 e. The maximum Gasteiger partial charge on any atom is 0.410 e. The van der Waals surface area contributed by atoms with Crippen LogP contribution in [0.3, 0.4) is 0 Å². The molecule has 1 aromatic carbocycles. The highest BCUT2D eigenvalue weighted by Gasteiger charge is 2.30. The van der Waals surface area contributed by atoms with Gasteiger partial charge in [-0.25, -0.2) is 9.78 Å². The van der Waals surface area contributed by atoms with Crippen LogP contribution < -0.4 is 0 Å². The molecule has 1 unspecified atom stereocenters. The summed E-state index contributed by atoms with van der Waals surface area (Å²) in [6.07, 6.45) is 6.60. The Hall–Kier alpha value is -2.82. The number of aromatic nitrogens is 2. The van der Waals surface area contributed by atoms with Crippen molar-refractivity contribution in [2.24, 2.45) is 7.05 Å². The molecule has 0 spiro atoms. The number of nitrogens with zero attached hydrogens (tertiary/aromatic N) is 3. The first-order valence-electron chi connectivity index (χ1n) is 9.08. The van der Waals surface area contributed by atoms with Gasteiger partial charge < -0.3 is 14.2 Å². The second kappa shape index (κ2) is 7.20. The van der Waals surface area contributed by atoms with E-state index in [0.717, 1.165) is 37.0 Å². The van der Waals surface area contributed by atoms with E-state index in [0.29, 0.717) is 6.61 Å². The molecule has 5 nitrogen and oxygen atoms in total. The van der Waals surface area contributed by atoms with Crippen LogP contribution in [-0.2, 0) is 24.8 Å². The van der Waals surface area contributed by atoms with Crippen molar-refractivity contribution >= 4 is 17.1 Å². The Bertz CT molecular complexity index is 904. The lowest BCUT2D eigenvalue weighted by Crippen LogP contribution is -2.37. The zero-order chi connectivity index (χ0) is 17.9. The predicted octanol–water partition coefficient (Wildman–Crippen LogP) is 3.92. The summed E-state index contributed by atoms with van der Waals surface area (Å²) < 4.78 is 7.60. The molecule has 5 heteroatoms. The van der Waals surface area contributed by atoms with E-state index in [1.165, 1.54) is 10.9 Å². The first-order chi connectivity index (χ1) is 12.7. The highest BCUT2D eigenvalue weighted by Crippen LogP contribution is 2.26. The smallest absolute Gasteiger partial charge is 0.410 e. The average molecular weight is 349 g/mol. The Labute approximate surface area is 153 Å². The SMILES string of the molecule is Cn1cc(CC2CCCN2C(=O)OCc2ccccc2)c2cccnc21. The molecule has 1 aliphatic heterocycles. The lowest BCUT2D eigenvalue weighted by molar-refractivity contribution is 0.0921. The monoisotopic (exact) mass is 349 g/mol. The van der Waals surface area contributed by atoms with Crippen molar-refractivity contribution in [3.63, 3.8) is 0 Å². The number of pyridine rings is 1. The van der Waals surface area contributed by atoms with Crippen molar-refractivity contribution in [2.75, 3.05) is 6.54 Å². The summed E-state index contributed by atoms with van der Waals surface area (Å²) >= 11 is 0. The lowest BCUT2D eigenvalue weighted by atomic mass is 10.0. The van der Waals surface area contributed by atoms with Crippen LogP contribution in [0.2, 0.25) is 0 Å². The average Bonchev–Trinajstić information content (AvgIpc) is 3.26. The number of hydrogen-bond acceptors (Lipinski definition) is 3. The van der Waals surface area contributed by atoms with Gasteiger partial charge in [0.1, 0.15) is 12.3 Å². The van der Waals surface area contributed by atoms with Gasteiger partial charge in [0.2, 0.25) is 0 Å². The summed E-state index contributed by atoms with van der Waals surface area (Å²) in [5, 5.41) is 1.17. The van der Waals surface area contributed by atoms with Gasteiger partial charge in [0, 0.05) is 37.4 Å². The van der Waals surface area contributed by atoms with Crippen molar-refractivity contribution in [3.05, 3.63) is 66.0 Å². The van der Waals surface area contributed by atoms with Crippen LogP contribution in [0.15, 0.2) is 54.9 Å². The Kier molecular flexibility index (Phi) is 4.61. The number of hydrogen-bond donors (Lipinski definition) is 0. The van der Waals surface area contributed by atoms with E-state index >= 15 is 0 Å². The highest BCUT2D eigenvalue weighted by molar-refractivity contribution is 5.80. The normalized spacial score (nSPS) is 17.0. The second-order valence-electron chi connectivity index (χ2n) is 6.87. The van der Waals surface area contributed by atoms with Gasteiger partial charge in [-0.2, -0.15) is 0 Å². The van der Waals surface area contributed by atoms with Gasteiger partial charge in [-0.1, -0.05) is 30.3 Å². The molecule has 1 saturated heterocycles. The molecule has 0 bridgehead atoms. The van der Waals surface area contributed by atoms with E-state index in [1.54, 1.807) is 0 Å². The molecule has 3 heterocycles. The zero-order valence-corrected chi connectivity index (χ0v) is 15.0. The van der Waals surface area contributed by atoms with Crippen LogP contribution in [0.5, 0.6) is 0 Å². The van der Waals surface area contributed by atoms with Crippen LogP contribution in [0.4, 0.5) is 4.79 Å². The van der Waals surface area contributed by atoms with Crippen molar-refractivity contribution in [3.8, 4) is 0 Å². The number of fused-ring (bicyclic) bond motifs is 1. The van der Waals surface area contributed by atoms with Crippen LogP contribution in [0.25, 0.3) is 11.0 Å². The fourth-order valence-electron chi connectivity index (χ4n) is 3.80. The number of carbonyl (C=O) groups is 1. The topological polar surface area (TPSA) is 47.4 Å². The van der Waals surface area contributed by atoms with E-state index in [-0.39, 0.29) is 12.1 Å². The Morgan fingerprint density at radius 2 is 2.08 bits per heavy atom. The van der Waals surface area contributed by atoms with Gasteiger partial charge >= 0.3 is 6.09 Å². The van der Waals surface area contributed by atoms with E-state index < -0.39 is 0 Å². The molecule has 26 heavy (non-hydrogen) atoms. The number of benzene rings is 1. The fraction of sp³-hybridized carbons (Fsp3) is 0.333. The number of rotatable bonds is 4. The number of carbonyl (C=O) groups excluding carboxylic acids is 1. The lowest BCUT2D eigenvalue weighted by Gasteiger charge is -2.24. The highest BCUT2D eigenvalue weighted by atomic mass is 16.6. The van der Waals surface area contributed by atoms with Crippen LogP contribution in [-0.4, -0.2) is 33.1 Å². The molecular weight excluding hydrogens is 326 g/mol. The van der Waals surface area contributed by atoms with E-state index in [4.69, 9.17) is 4.74 Å². The zero-order valence-electron chi connectivity index (χ0n) is 15.0. The minimum absolute atomic E-state index is 0.184. The minimum atomic E-state index is -0.213. The van der Waals surface area contributed by atoms with Crippen LogP contribution in [0.1, 0.15) is 24.0 Å². The molecule has 1 atom stereocenters. The van der Waals surface area contributed by atoms with Gasteiger partial charge in [-0.3, -0.25) is 0 Å². The van der Waals surface area contributed by atoms with Crippen LogP contribution >= 0.6 is 0 Å². The van der Waals surface area contributed by atoms with E-state index in [2.05, 4.69) is 21.8 Å². The summed E-state index contributed by atoms with van der Waals surface area (Å²) in [5.74, 6) is 0. The third-order valence-electron chi connectivity index (χ3n) is 5.09. The quantitative estimate of drug-likeness (QED) is 0.717. The molecule has 1 fully saturated rings. The molecule has 0 N–H and O–H groups in total. The first kappa shape index (κ1) is 16.6. The summed E-state index contributed by atoms with van der Waals surface area (Å²) in [6.45, 7) is 1.09. The van der Waals surface area contributed by atoms with Crippen molar-refractivity contribution in [2.45, 2.75) is 31.9 Å². The maximum atomic E-state index is 12.6. The molecule has 134 valence electrons. The molecule has 0 saturated carbocycles. The predicted molar refractivity (Wildman–Crippen MR) is 101 cm³/mol. The number of likely N-dealkylation sites (tertiary alicyclic amines) is 1. The number of amides is 1. The number of ether oxygens (including phenoxy) is 1. The Balaban J connectivity index is 1.45. The second-order valence-corrected chi connectivity index (χ2v) is 6.87. The molecule has 0 radical (unpaired) electrons. The molecule has 4 rings (SSSR count). The summed E-state index contributed by atoms with van der Waals surface area (Å²) in [4.78, 5) is 18.9. The molecule has 3 aromatic rings. The number of aryl methyl sites for hydroxylation is 1. The third-order valence-corrected chi connectivity index (χ3v) is 5.09. The molecule has 2 aromatic heterocycles. The third kappa shape index (κ3) is 3.29.